The first kappa shape index (κ1) is 15.7. The minimum Gasteiger partial charge on any atom is -0.362 e. The van der Waals surface area contributed by atoms with E-state index in [1.807, 2.05) is 38.9 Å². The van der Waals surface area contributed by atoms with Crippen LogP contribution in [-0.2, 0) is 16.6 Å². The Labute approximate surface area is 137 Å². The second-order valence-corrected chi connectivity index (χ2v) is 7.04. The van der Waals surface area contributed by atoms with Gasteiger partial charge < -0.3 is 9.69 Å². The molecule has 0 fully saturated rings. The van der Waals surface area contributed by atoms with E-state index in [0.717, 1.165) is 35.7 Å². The maximum Gasteiger partial charge on any atom is 0.226 e. The maximum absolute atomic E-state index is 12.4. The van der Waals surface area contributed by atoms with Crippen molar-refractivity contribution in [3.05, 3.63) is 40.3 Å². The molecule has 1 heterocycles. The highest BCUT2D eigenvalue weighted by atomic mass is 16.1. The molecule has 0 bridgehead atoms. The zero-order valence-electron chi connectivity index (χ0n) is 14.3. The largest absolute Gasteiger partial charge is 0.362 e. The highest BCUT2D eigenvalue weighted by Crippen LogP contribution is 2.50. The SMILES string of the molecule is [C-]#[N+]C1=C[C@]2(C)c3nc(C)nc(N(C)C)c3CC[C@H]2[C@H](C)C1=O. The van der Waals surface area contributed by atoms with Crippen molar-refractivity contribution in [2.45, 2.75) is 39.0 Å². The van der Waals surface area contributed by atoms with Gasteiger partial charge in [0.15, 0.2) is 5.78 Å². The normalized spacial score (nSPS) is 29.2. The molecule has 0 N–H and O–H groups in total. The van der Waals surface area contributed by atoms with Crippen LogP contribution in [0.2, 0.25) is 0 Å². The van der Waals surface area contributed by atoms with Crippen LogP contribution in [0.25, 0.3) is 4.85 Å². The quantitative estimate of drug-likeness (QED) is 0.748. The van der Waals surface area contributed by atoms with Crippen molar-refractivity contribution in [1.82, 2.24) is 9.97 Å². The molecule has 0 saturated carbocycles. The summed E-state index contributed by atoms with van der Waals surface area (Å²) in [5, 5.41) is 0. The molecule has 3 atom stereocenters. The number of ketones is 1. The average molecular weight is 310 g/mol. The van der Waals surface area contributed by atoms with Gasteiger partial charge in [0, 0.05) is 31.0 Å². The van der Waals surface area contributed by atoms with Crippen LogP contribution < -0.4 is 4.90 Å². The number of Topliss-reactive ketones (excluding diaryl/α,β-unsaturated/α-hetero) is 1. The van der Waals surface area contributed by atoms with E-state index in [2.05, 4.69) is 16.8 Å². The van der Waals surface area contributed by atoms with Crippen LogP contribution in [0.1, 0.15) is 37.4 Å². The fourth-order valence-electron chi connectivity index (χ4n) is 4.21. The number of hydrogen-bond donors (Lipinski definition) is 0. The van der Waals surface area contributed by atoms with Crippen molar-refractivity contribution >= 4 is 11.6 Å². The number of anilines is 1. The molecule has 0 aliphatic heterocycles. The summed E-state index contributed by atoms with van der Waals surface area (Å²) in [7, 11) is 3.98. The fraction of sp³-hybridized carbons (Fsp3) is 0.556. The number of nitrogens with zero attached hydrogens (tertiary/aromatic N) is 4. The van der Waals surface area contributed by atoms with Crippen molar-refractivity contribution < 1.29 is 4.79 Å². The van der Waals surface area contributed by atoms with Crippen LogP contribution in [0.3, 0.4) is 0 Å². The van der Waals surface area contributed by atoms with Gasteiger partial charge in [0.25, 0.3) is 0 Å². The monoisotopic (exact) mass is 310 g/mol. The fourth-order valence-corrected chi connectivity index (χ4v) is 4.21. The molecule has 1 aromatic rings. The van der Waals surface area contributed by atoms with Gasteiger partial charge in [0.1, 0.15) is 11.6 Å². The third kappa shape index (κ3) is 2.16. The van der Waals surface area contributed by atoms with E-state index in [1.165, 1.54) is 0 Å². The molecule has 2 aliphatic rings. The lowest BCUT2D eigenvalue weighted by Crippen LogP contribution is -2.46. The second kappa shape index (κ2) is 5.16. The molecule has 3 rings (SSSR count). The van der Waals surface area contributed by atoms with Crippen molar-refractivity contribution in [3.63, 3.8) is 0 Å². The summed E-state index contributed by atoms with van der Waals surface area (Å²) in [6, 6.07) is 0. The smallest absolute Gasteiger partial charge is 0.226 e. The van der Waals surface area contributed by atoms with E-state index in [0.29, 0.717) is 0 Å². The summed E-state index contributed by atoms with van der Waals surface area (Å²) in [6.07, 6.45) is 3.66. The Hall–Kier alpha value is -2.22. The number of allylic oxidation sites excluding steroid dienone is 2. The summed E-state index contributed by atoms with van der Waals surface area (Å²) in [5.41, 5.74) is 2.03. The Morgan fingerprint density at radius 2 is 2.09 bits per heavy atom. The molecule has 0 aromatic carbocycles. The molecule has 1 aromatic heterocycles. The van der Waals surface area contributed by atoms with Crippen LogP contribution in [0.5, 0.6) is 0 Å². The minimum absolute atomic E-state index is 0.0236. The number of fused-ring (bicyclic) bond motifs is 3. The molecule has 0 radical (unpaired) electrons. The lowest BCUT2D eigenvalue weighted by atomic mass is 9.58. The van der Waals surface area contributed by atoms with Gasteiger partial charge in [-0.1, -0.05) is 19.9 Å². The number of rotatable bonds is 1. The lowest BCUT2D eigenvalue weighted by Gasteiger charge is -2.46. The van der Waals surface area contributed by atoms with Gasteiger partial charge in [-0.05, 0) is 25.7 Å². The summed E-state index contributed by atoms with van der Waals surface area (Å²) in [6.45, 7) is 13.3. The summed E-state index contributed by atoms with van der Waals surface area (Å²) >= 11 is 0. The number of carbonyl (C=O) groups excluding carboxylic acids is 1. The summed E-state index contributed by atoms with van der Waals surface area (Å²) in [4.78, 5) is 27.2. The van der Waals surface area contributed by atoms with E-state index >= 15 is 0 Å². The van der Waals surface area contributed by atoms with E-state index < -0.39 is 0 Å². The summed E-state index contributed by atoms with van der Waals surface area (Å²) in [5.74, 6) is 1.72. The zero-order valence-corrected chi connectivity index (χ0v) is 14.3. The first-order valence-electron chi connectivity index (χ1n) is 7.99. The zero-order chi connectivity index (χ0) is 16.9. The molecule has 5 nitrogen and oxygen atoms in total. The van der Waals surface area contributed by atoms with E-state index in [9.17, 15) is 4.79 Å². The van der Waals surface area contributed by atoms with E-state index in [1.54, 1.807) is 0 Å². The molecule has 0 amide bonds. The predicted octanol–water partition coefficient (Wildman–Crippen LogP) is 2.69. The van der Waals surface area contributed by atoms with E-state index in [4.69, 9.17) is 11.6 Å². The van der Waals surface area contributed by atoms with Crippen molar-refractivity contribution in [2.24, 2.45) is 11.8 Å². The highest BCUT2D eigenvalue weighted by Gasteiger charge is 2.49. The van der Waals surface area contributed by atoms with Crippen LogP contribution in [0.15, 0.2) is 11.8 Å². The third-order valence-corrected chi connectivity index (χ3v) is 5.33. The molecule has 23 heavy (non-hydrogen) atoms. The molecule has 0 unspecified atom stereocenters. The van der Waals surface area contributed by atoms with Gasteiger partial charge in [-0.2, -0.15) is 0 Å². The van der Waals surface area contributed by atoms with Crippen LogP contribution in [0.4, 0.5) is 5.82 Å². The van der Waals surface area contributed by atoms with Gasteiger partial charge in [0.2, 0.25) is 5.70 Å². The van der Waals surface area contributed by atoms with Gasteiger partial charge in [-0.15, -0.1) is 0 Å². The Balaban J connectivity index is 2.29. The minimum atomic E-state index is -0.376. The average Bonchev–Trinajstić information content (AvgIpc) is 2.50. The standard InChI is InChI=1S/C18H22N4O/c1-10-13-8-7-12-16(20-11(2)21-17(12)22(5)6)18(13,3)9-14(19-4)15(10)23/h9-10,13H,7-8H2,1-3,5-6H3/t10-,13-,18-/m0/s1. The Morgan fingerprint density at radius 3 is 2.70 bits per heavy atom. The predicted molar refractivity (Wildman–Crippen MR) is 89.1 cm³/mol. The first-order valence-corrected chi connectivity index (χ1v) is 7.99. The number of carbonyl (C=O) groups is 1. The summed E-state index contributed by atoms with van der Waals surface area (Å²) < 4.78 is 0. The molecular formula is C18H22N4O. The molecule has 5 heteroatoms. The van der Waals surface area contributed by atoms with Crippen LogP contribution >= 0.6 is 0 Å². The molecule has 120 valence electrons. The third-order valence-electron chi connectivity index (χ3n) is 5.33. The highest BCUT2D eigenvalue weighted by molar-refractivity contribution is 6.00. The number of aromatic nitrogens is 2. The number of hydrogen-bond acceptors (Lipinski definition) is 4. The van der Waals surface area contributed by atoms with E-state index in [-0.39, 0.29) is 28.7 Å². The Kier molecular flexibility index (Phi) is 3.51. The van der Waals surface area contributed by atoms with Crippen molar-refractivity contribution in [1.29, 1.82) is 0 Å². The molecule has 2 aliphatic carbocycles. The van der Waals surface area contributed by atoms with Crippen molar-refractivity contribution in [2.75, 3.05) is 19.0 Å². The molecule has 0 spiro atoms. The number of aryl methyl sites for hydroxylation is 1. The Bertz CT molecular complexity index is 759. The van der Waals surface area contributed by atoms with Crippen molar-refractivity contribution in [3.8, 4) is 0 Å². The van der Waals surface area contributed by atoms with Gasteiger partial charge >= 0.3 is 0 Å². The first-order chi connectivity index (χ1) is 10.8. The second-order valence-electron chi connectivity index (χ2n) is 7.04. The molecular weight excluding hydrogens is 288 g/mol. The topological polar surface area (TPSA) is 50.5 Å². The van der Waals surface area contributed by atoms with Gasteiger partial charge in [-0.25, -0.2) is 14.8 Å². The molecule has 0 saturated heterocycles. The lowest BCUT2D eigenvalue weighted by molar-refractivity contribution is -0.121. The van der Waals surface area contributed by atoms with Crippen LogP contribution in [-0.4, -0.2) is 29.8 Å². The Morgan fingerprint density at radius 1 is 1.39 bits per heavy atom. The maximum atomic E-state index is 12.4. The van der Waals surface area contributed by atoms with Crippen LogP contribution in [0, 0.1) is 25.3 Å². The van der Waals surface area contributed by atoms with Gasteiger partial charge in [-0.3, -0.25) is 0 Å². The van der Waals surface area contributed by atoms with Gasteiger partial charge in [0.05, 0.1) is 12.3 Å².